The molecule has 0 radical (unpaired) electrons. The van der Waals surface area contributed by atoms with E-state index in [1.54, 1.807) is 19.9 Å². The molecule has 57 heavy (non-hydrogen) atoms. The molecule has 0 spiro atoms. The Morgan fingerprint density at radius 2 is 1.09 bits per heavy atom. The van der Waals surface area contributed by atoms with Crippen molar-refractivity contribution in [3.63, 3.8) is 0 Å². The summed E-state index contributed by atoms with van der Waals surface area (Å²) in [5.74, 6) is -0.359. The Bertz CT molecular complexity index is 2010. The molecule has 15 heteroatoms. The summed E-state index contributed by atoms with van der Waals surface area (Å²) < 4.78 is 21.8. The Hall–Kier alpha value is -4.29. The fourth-order valence-corrected chi connectivity index (χ4v) is 8.37. The number of methoxy groups -OCH3 is 2. The van der Waals surface area contributed by atoms with E-state index in [1.165, 1.54) is 20.3 Å². The van der Waals surface area contributed by atoms with Crippen molar-refractivity contribution >= 4 is 63.1 Å². The SMILES string of the molecule is CC(C)(C)[Si](C)(C)Oc1cccc(CN)c1.COC(=O)c1sc(C(=O)NCc2cccc(O[Si](C)(C)C(C)(C)C)c2)cc1C.COC(=O)c1sc(C(=O)O)cc1C. The molecule has 0 aliphatic rings. The minimum absolute atomic E-state index is 0.117. The number of benzene rings is 2. The third kappa shape index (κ3) is 14.2. The van der Waals surface area contributed by atoms with Gasteiger partial charge in [0, 0.05) is 13.1 Å². The van der Waals surface area contributed by atoms with Crippen molar-refractivity contribution in [2.75, 3.05) is 14.2 Å². The van der Waals surface area contributed by atoms with E-state index in [4.69, 9.17) is 24.4 Å². The molecule has 0 unspecified atom stereocenters. The van der Waals surface area contributed by atoms with Crippen LogP contribution in [0.25, 0.3) is 0 Å². The number of ether oxygens (including phenoxy) is 2. The van der Waals surface area contributed by atoms with Crippen LogP contribution in [0.5, 0.6) is 11.5 Å². The summed E-state index contributed by atoms with van der Waals surface area (Å²) in [6, 6.07) is 19.1. The number of aromatic carboxylic acids is 1. The van der Waals surface area contributed by atoms with E-state index >= 15 is 0 Å². The van der Waals surface area contributed by atoms with Gasteiger partial charge in [0.15, 0.2) is 0 Å². The fourth-order valence-electron chi connectivity index (χ4n) is 4.39. The van der Waals surface area contributed by atoms with Gasteiger partial charge in [0.1, 0.15) is 26.1 Å². The summed E-state index contributed by atoms with van der Waals surface area (Å²) in [4.78, 5) is 47.2. The second-order valence-electron chi connectivity index (χ2n) is 16.4. The van der Waals surface area contributed by atoms with E-state index in [1.807, 2.05) is 48.5 Å². The summed E-state index contributed by atoms with van der Waals surface area (Å²) in [6.45, 7) is 26.7. The van der Waals surface area contributed by atoms with Gasteiger partial charge < -0.3 is 34.5 Å². The molecule has 4 N–H and O–H groups in total. The summed E-state index contributed by atoms with van der Waals surface area (Å²) in [7, 11) is -1.04. The summed E-state index contributed by atoms with van der Waals surface area (Å²) >= 11 is 2.07. The Morgan fingerprint density at radius 1 is 0.684 bits per heavy atom. The van der Waals surface area contributed by atoms with Crippen LogP contribution < -0.4 is 19.9 Å². The van der Waals surface area contributed by atoms with Crippen molar-refractivity contribution in [3.05, 3.63) is 102 Å². The number of thiophene rings is 2. The number of carbonyl (C=O) groups excluding carboxylic acids is 3. The Labute approximate surface area is 348 Å². The number of hydrogen-bond donors (Lipinski definition) is 3. The lowest BCUT2D eigenvalue weighted by Gasteiger charge is -2.36. The highest BCUT2D eigenvalue weighted by Gasteiger charge is 2.39. The normalized spacial score (nSPS) is 11.6. The zero-order chi connectivity index (χ0) is 43.5. The molecule has 0 bridgehead atoms. The Morgan fingerprint density at radius 3 is 1.47 bits per heavy atom. The maximum atomic E-state index is 12.5. The molecule has 4 aromatic rings. The van der Waals surface area contributed by atoms with Gasteiger partial charge in [0.05, 0.1) is 19.1 Å². The molecule has 0 aliphatic carbocycles. The van der Waals surface area contributed by atoms with Crippen LogP contribution in [0, 0.1) is 13.8 Å². The number of rotatable bonds is 11. The van der Waals surface area contributed by atoms with Crippen molar-refractivity contribution < 1.29 is 42.6 Å². The van der Waals surface area contributed by atoms with Crippen LogP contribution in [0.1, 0.15) is 102 Å². The standard InChI is InChI=1S/C21H29NO4SSi.C13H23NOSi.C8H8O4S/c1-14-11-17(27-18(14)20(24)25-5)19(23)22-13-15-9-8-10-16(12-15)26-28(6,7)21(2,3)4;1-13(2,3)16(4,5)15-12-8-6-7-11(9-12)10-14;1-4-3-5(7(9)10)13-6(4)8(11)12-2/h8-12H,13H2,1-7H3,(H,22,23);6-9H,10,14H2,1-5H3;3H,1-2H3,(H,9,10). The van der Waals surface area contributed by atoms with Gasteiger partial charge in [0.2, 0.25) is 16.6 Å². The predicted molar refractivity (Wildman–Crippen MR) is 235 cm³/mol. The maximum Gasteiger partial charge on any atom is 0.348 e. The van der Waals surface area contributed by atoms with Gasteiger partial charge in [-0.15, -0.1) is 22.7 Å². The first-order valence-electron chi connectivity index (χ1n) is 18.4. The number of esters is 2. The smallest absolute Gasteiger partial charge is 0.348 e. The molecule has 4 rings (SSSR count). The van der Waals surface area contributed by atoms with Gasteiger partial charge in [-0.2, -0.15) is 0 Å². The number of aryl methyl sites for hydroxylation is 2. The van der Waals surface area contributed by atoms with Gasteiger partial charge in [-0.25, -0.2) is 14.4 Å². The average molecular weight is 857 g/mol. The summed E-state index contributed by atoms with van der Waals surface area (Å²) in [6.07, 6.45) is 0. The first-order valence-corrected chi connectivity index (χ1v) is 25.9. The molecule has 0 fully saturated rings. The van der Waals surface area contributed by atoms with Crippen LogP contribution in [0.15, 0.2) is 60.7 Å². The average Bonchev–Trinajstić information content (AvgIpc) is 3.72. The van der Waals surface area contributed by atoms with Crippen LogP contribution >= 0.6 is 22.7 Å². The highest BCUT2D eigenvalue weighted by molar-refractivity contribution is 7.16. The van der Waals surface area contributed by atoms with Crippen molar-refractivity contribution in [1.82, 2.24) is 5.32 Å². The molecular weight excluding hydrogens is 797 g/mol. The number of carboxylic acids is 1. The van der Waals surface area contributed by atoms with Crippen molar-refractivity contribution in [2.24, 2.45) is 5.73 Å². The molecule has 0 saturated carbocycles. The molecule has 2 aromatic carbocycles. The van der Waals surface area contributed by atoms with Gasteiger partial charge in [-0.05, 0) is 109 Å². The molecule has 0 aliphatic heterocycles. The molecule has 0 saturated heterocycles. The van der Waals surface area contributed by atoms with E-state index < -0.39 is 34.5 Å². The number of nitrogens with one attached hydrogen (secondary N) is 1. The number of carbonyl (C=O) groups is 4. The number of hydrogen-bond acceptors (Lipinski definition) is 11. The number of carboxylic acid groups (broad SMARTS) is 1. The second-order valence-corrected chi connectivity index (χ2v) is 28.0. The quantitative estimate of drug-likeness (QED) is 0.0977. The topological polar surface area (TPSA) is 163 Å². The van der Waals surface area contributed by atoms with Gasteiger partial charge in [0.25, 0.3) is 5.91 Å². The van der Waals surface area contributed by atoms with Crippen LogP contribution in [-0.2, 0) is 22.6 Å². The predicted octanol–water partition coefficient (Wildman–Crippen LogP) is 10.2. The van der Waals surface area contributed by atoms with Crippen LogP contribution in [0.4, 0.5) is 0 Å². The molecule has 2 aromatic heterocycles. The van der Waals surface area contributed by atoms with E-state index in [9.17, 15) is 19.2 Å². The van der Waals surface area contributed by atoms with Crippen LogP contribution in [-0.4, -0.2) is 59.8 Å². The van der Waals surface area contributed by atoms with E-state index in [0.717, 1.165) is 50.9 Å². The molecule has 1 amide bonds. The Kier molecular flexibility index (Phi) is 17.5. The molecule has 2 heterocycles. The number of amides is 1. The minimum Gasteiger partial charge on any atom is -0.543 e. The van der Waals surface area contributed by atoms with E-state index in [-0.39, 0.29) is 20.9 Å². The van der Waals surface area contributed by atoms with E-state index in [0.29, 0.717) is 33.3 Å². The number of nitrogens with two attached hydrogens (primary N) is 1. The van der Waals surface area contributed by atoms with Gasteiger partial charge >= 0.3 is 17.9 Å². The first kappa shape index (κ1) is 48.9. The van der Waals surface area contributed by atoms with E-state index in [2.05, 4.69) is 77.8 Å². The third-order valence-corrected chi connectivity index (χ3v) is 21.0. The third-order valence-electron chi connectivity index (χ3n) is 9.86. The highest BCUT2D eigenvalue weighted by atomic mass is 32.1. The first-order chi connectivity index (χ1) is 26.3. The molecule has 11 nitrogen and oxygen atoms in total. The lowest BCUT2D eigenvalue weighted by atomic mass is 10.2. The summed E-state index contributed by atoms with van der Waals surface area (Å²) in [5, 5.41) is 11.9. The molecule has 0 atom stereocenters. The fraction of sp³-hybridized carbons (Fsp3) is 0.429. The summed E-state index contributed by atoms with van der Waals surface area (Å²) in [5.41, 5.74) is 9.09. The van der Waals surface area contributed by atoms with Crippen molar-refractivity contribution in [2.45, 2.75) is 105 Å². The van der Waals surface area contributed by atoms with Crippen molar-refractivity contribution in [1.29, 1.82) is 0 Å². The molecular formula is C42H60N2O9S2Si2. The lowest BCUT2D eigenvalue weighted by molar-refractivity contribution is 0.0596. The Balaban J connectivity index is 0.000000326. The largest absolute Gasteiger partial charge is 0.543 e. The highest BCUT2D eigenvalue weighted by Crippen LogP contribution is 2.38. The van der Waals surface area contributed by atoms with Crippen LogP contribution in [0.2, 0.25) is 36.3 Å². The minimum atomic E-state index is -1.91. The van der Waals surface area contributed by atoms with Gasteiger partial charge in [-0.3, -0.25) is 4.79 Å². The lowest BCUT2D eigenvalue weighted by Crippen LogP contribution is -2.43. The second kappa shape index (κ2) is 20.4. The monoisotopic (exact) mass is 856 g/mol. The zero-order valence-electron chi connectivity index (χ0n) is 35.8. The van der Waals surface area contributed by atoms with Gasteiger partial charge in [-0.1, -0.05) is 65.8 Å². The zero-order valence-corrected chi connectivity index (χ0v) is 39.4. The van der Waals surface area contributed by atoms with Crippen molar-refractivity contribution in [3.8, 4) is 11.5 Å². The van der Waals surface area contributed by atoms with Crippen LogP contribution in [0.3, 0.4) is 0 Å². The molecule has 312 valence electrons. The maximum absolute atomic E-state index is 12.5.